The highest BCUT2D eigenvalue weighted by atomic mass is 16.2. The smallest absolute Gasteiger partial charge is 0.224 e. The zero-order valence-corrected chi connectivity index (χ0v) is 12.5. The van der Waals surface area contributed by atoms with Crippen LogP contribution in [0, 0.1) is 11.8 Å². The highest BCUT2D eigenvalue weighted by Gasteiger charge is 2.12. The van der Waals surface area contributed by atoms with E-state index in [1.165, 1.54) is 0 Å². The number of nitrogens with one attached hydrogen (secondary N) is 1. The Hall–Kier alpha value is -1.06. The molecule has 0 aliphatic rings. The molecule has 0 aromatic rings. The Morgan fingerprint density at radius 1 is 1.17 bits per heavy atom. The van der Waals surface area contributed by atoms with E-state index in [0.29, 0.717) is 25.4 Å². The van der Waals surface area contributed by atoms with Crippen LogP contribution in [-0.4, -0.2) is 36.9 Å². The summed E-state index contributed by atoms with van der Waals surface area (Å²) in [6.45, 7) is 9.18. The van der Waals surface area contributed by atoms with Gasteiger partial charge >= 0.3 is 0 Å². The summed E-state index contributed by atoms with van der Waals surface area (Å²) >= 11 is 0. The largest absolute Gasteiger partial charge is 0.354 e. The Morgan fingerprint density at radius 2 is 1.78 bits per heavy atom. The number of nitrogens with zero attached hydrogens (tertiary/aromatic N) is 1. The predicted molar refractivity (Wildman–Crippen MR) is 74.2 cm³/mol. The first kappa shape index (κ1) is 16.9. The maximum Gasteiger partial charge on any atom is 0.224 e. The van der Waals surface area contributed by atoms with Crippen LogP contribution < -0.4 is 5.32 Å². The van der Waals surface area contributed by atoms with E-state index in [9.17, 15) is 9.59 Å². The minimum absolute atomic E-state index is 0.0109. The van der Waals surface area contributed by atoms with Crippen molar-refractivity contribution in [2.24, 2.45) is 11.8 Å². The van der Waals surface area contributed by atoms with Crippen LogP contribution in [0.25, 0.3) is 0 Å². The molecule has 0 aliphatic heterocycles. The fourth-order valence-corrected chi connectivity index (χ4v) is 1.67. The van der Waals surface area contributed by atoms with E-state index in [2.05, 4.69) is 19.2 Å². The minimum atomic E-state index is 0.0109. The van der Waals surface area contributed by atoms with Gasteiger partial charge in [-0.15, -0.1) is 0 Å². The first-order valence-electron chi connectivity index (χ1n) is 6.86. The van der Waals surface area contributed by atoms with Gasteiger partial charge in [0.25, 0.3) is 0 Å². The quantitative estimate of drug-likeness (QED) is 0.722. The molecule has 0 atom stereocenters. The van der Waals surface area contributed by atoms with Crippen LogP contribution in [0.1, 0.15) is 47.0 Å². The molecule has 18 heavy (non-hydrogen) atoms. The topological polar surface area (TPSA) is 49.4 Å². The number of carbonyl (C=O) groups excluding carboxylic acids is 2. The molecule has 0 rings (SSSR count). The first-order chi connectivity index (χ1) is 8.34. The highest BCUT2D eigenvalue weighted by Crippen LogP contribution is 2.05. The van der Waals surface area contributed by atoms with Crippen molar-refractivity contribution in [1.82, 2.24) is 10.2 Å². The molecule has 0 aromatic heterocycles. The standard InChI is InChI=1S/C14H28N2O2/c1-11(2)7-6-8-13(17)15-9-10-16(5)14(18)12(3)4/h11-12H,6-10H2,1-5H3,(H,15,17). The van der Waals surface area contributed by atoms with Gasteiger partial charge in [-0.2, -0.15) is 0 Å². The van der Waals surface area contributed by atoms with E-state index in [1.54, 1.807) is 11.9 Å². The van der Waals surface area contributed by atoms with Crippen molar-refractivity contribution < 1.29 is 9.59 Å². The van der Waals surface area contributed by atoms with Crippen LogP contribution >= 0.6 is 0 Å². The summed E-state index contributed by atoms with van der Waals surface area (Å²) in [5.41, 5.74) is 0. The second-order valence-corrected chi connectivity index (χ2v) is 5.55. The van der Waals surface area contributed by atoms with Gasteiger partial charge in [-0.25, -0.2) is 0 Å². The summed E-state index contributed by atoms with van der Waals surface area (Å²) in [6, 6.07) is 0. The zero-order valence-electron chi connectivity index (χ0n) is 12.5. The molecule has 0 unspecified atom stereocenters. The number of hydrogen-bond acceptors (Lipinski definition) is 2. The van der Waals surface area contributed by atoms with Crippen molar-refractivity contribution in [1.29, 1.82) is 0 Å². The molecule has 0 radical (unpaired) electrons. The van der Waals surface area contributed by atoms with Crippen LogP contribution in [0.15, 0.2) is 0 Å². The lowest BCUT2D eigenvalue weighted by Crippen LogP contribution is -2.37. The van der Waals surface area contributed by atoms with Crippen molar-refractivity contribution >= 4 is 11.8 Å². The van der Waals surface area contributed by atoms with E-state index >= 15 is 0 Å². The predicted octanol–water partition coefficient (Wildman–Crippen LogP) is 2.04. The van der Waals surface area contributed by atoms with Gasteiger partial charge in [0.05, 0.1) is 0 Å². The van der Waals surface area contributed by atoms with Crippen LogP contribution in [0.5, 0.6) is 0 Å². The Morgan fingerprint density at radius 3 is 2.28 bits per heavy atom. The Labute approximate surface area is 111 Å². The fourth-order valence-electron chi connectivity index (χ4n) is 1.67. The van der Waals surface area contributed by atoms with Crippen molar-refractivity contribution in [3.05, 3.63) is 0 Å². The number of amides is 2. The second kappa shape index (κ2) is 8.95. The normalized spacial score (nSPS) is 10.8. The van der Waals surface area contributed by atoms with Crippen LogP contribution in [0.2, 0.25) is 0 Å². The van der Waals surface area contributed by atoms with Gasteiger partial charge < -0.3 is 10.2 Å². The summed E-state index contributed by atoms with van der Waals surface area (Å²) in [4.78, 5) is 24.7. The molecule has 0 aromatic carbocycles. The van der Waals surface area contributed by atoms with Crippen LogP contribution in [0.3, 0.4) is 0 Å². The third-order valence-electron chi connectivity index (χ3n) is 2.82. The molecular weight excluding hydrogens is 228 g/mol. The summed E-state index contributed by atoms with van der Waals surface area (Å²) in [5.74, 6) is 0.856. The lowest BCUT2D eigenvalue weighted by atomic mass is 10.1. The molecule has 106 valence electrons. The first-order valence-corrected chi connectivity index (χ1v) is 6.86. The molecule has 4 heteroatoms. The zero-order chi connectivity index (χ0) is 14.1. The summed E-state index contributed by atoms with van der Waals surface area (Å²) in [6.07, 6.45) is 2.60. The van der Waals surface area contributed by atoms with E-state index in [0.717, 1.165) is 12.8 Å². The molecule has 0 saturated heterocycles. The molecule has 1 N–H and O–H groups in total. The van der Waals surface area contributed by atoms with Crippen molar-refractivity contribution in [3.8, 4) is 0 Å². The van der Waals surface area contributed by atoms with E-state index in [-0.39, 0.29) is 17.7 Å². The number of rotatable bonds is 8. The van der Waals surface area contributed by atoms with Gasteiger partial charge in [0.1, 0.15) is 0 Å². The van der Waals surface area contributed by atoms with Gasteiger partial charge in [-0.1, -0.05) is 34.1 Å². The van der Waals surface area contributed by atoms with Crippen molar-refractivity contribution in [2.45, 2.75) is 47.0 Å². The Balaban J connectivity index is 3.65. The lowest BCUT2D eigenvalue weighted by molar-refractivity contribution is -0.133. The average Bonchev–Trinajstić information content (AvgIpc) is 2.27. The Bertz CT molecular complexity index is 263. The maximum atomic E-state index is 11.6. The number of carbonyl (C=O) groups is 2. The fraction of sp³-hybridized carbons (Fsp3) is 0.857. The van der Waals surface area contributed by atoms with Crippen molar-refractivity contribution in [2.75, 3.05) is 20.1 Å². The molecule has 0 spiro atoms. The van der Waals surface area contributed by atoms with Gasteiger partial charge in [0, 0.05) is 32.5 Å². The molecule has 0 aliphatic carbocycles. The van der Waals surface area contributed by atoms with Crippen LogP contribution in [0.4, 0.5) is 0 Å². The third kappa shape index (κ3) is 8.09. The molecular formula is C14H28N2O2. The molecule has 0 heterocycles. The molecule has 2 amide bonds. The average molecular weight is 256 g/mol. The molecule has 0 bridgehead atoms. The number of hydrogen-bond donors (Lipinski definition) is 1. The van der Waals surface area contributed by atoms with E-state index < -0.39 is 0 Å². The second-order valence-electron chi connectivity index (χ2n) is 5.55. The van der Waals surface area contributed by atoms with Gasteiger partial charge in [-0.05, 0) is 12.3 Å². The monoisotopic (exact) mass is 256 g/mol. The van der Waals surface area contributed by atoms with Gasteiger partial charge in [-0.3, -0.25) is 9.59 Å². The lowest BCUT2D eigenvalue weighted by Gasteiger charge is -2.19. The molecule has 0 fully saturated rings. The van der Waals surface area contributed by atoms with Gasteiger partial charge in [0.15, 0.2) is 0 Å². The third-order valence-corrected chi connectivity index (χ3v) is 2.82. The summed E-state index contributed by atoms with van der Waals surface area (Å²) in [7, 11) is 1.77. The van der Waals surface area contributed by atoms with E-state index in [4.69, 9.17) is 0 Å². The Kier molecular flexibility index (Phi) is 8.42. The maximum absolute atomic E-state index is 11.6. The SMILES string of the molecule is CC(C)CCCC(=O)NCCN(C)C(=O)C(C)C. The molecule has 4 nitrogen and oxygen atoms in total. The number of likely N-dealkylation sites (N-methyl/N-ethyl adjacent to an activating group) is 1. The molecule has 0 saturated carbocycles. The van der Waals surface area contributed by atoms with Crippen molar-refractivity contribution in [3.63, 3.8) is 0 Å². The van der Waals surface area contributed by atoms with Crippen LogP contribution in [-0.2, 0) is 9.59 Å². The highest BCUT2D eigenvalue weighted by molar-refractivity contribution is 5.78. The summed E-state index contributed by atoms with van der Waals surface area (Å²) < 4.78 is 0. The summed E-state index contributed by atoms with van der Waals surface area (Å²) in [5, 5.41) is 2.85. The van der Waals surface area contributed by atoms with E-state index in [1.807, 2.05) is 13.8 Å². The minimum Gasteiger partial charge on any atom is -0.354 e. The van der Waals surface area contributed by atoms with Gasteiger partial charge in [0.2, 0.25) is 11.8 Å².